The minimum absolute atomic E-state index is 0.236. The predicted octanol–water partition coefficient (Wildman–Crippen LogP) is 3.15. The zero-order valence-corrected chi connectivity index (χ0v) is 12.8. The van der Waals surface area contributed by atoms with Gasteiger partial charge in [0.1, 0.15) is 0 Å². The second-order valence-electron chi connectivity index (χ2n) is 3.68. The molecule has 1 aromatic heterocycles. The number of hydrogen-bond acceptors (Lipinski definition) is 4. The molecule has 0 atom stereocenters. The number of nitrogens with one attached hydrogen (secondary N) is 1. The van der Waals surface area contributed by atoms with Crippen molar-refractivity contribution in [3.8, 4) is 0 Å². The summed E-state index contributed by atoms with van der Waals surface area (Å²) in [6.07, 6.45) is 0. The van der Waals surface area contributed by atoms with Gasteiger partial charge in [-0.1, -0.05) is 28.1 Å². The molecule has 2 aromatic rings. The van der Waals surface area contributed by atoms with Gasteiger partial charge in [-0.2, -0.15) is 0 Å². The second-order valence-corrected chi connectivity index (χ2v) is 6.78. The standard InChI is InChI=1S/C11H11BrN2O2S2/c1-8-7-17-11(13-8)14-18(15,16)10-4-2-9(6-12)3-5-10/h2-5,7H,6H2,1H3,(H,13,14). The molecule has 2 rings (SSSR count). The average molecular weight is 347 g/mol. The Morgan fingerprint density at radius 3 is 2.50 bits per heavy atom. The van der Waals surface area contributed by atoms with Crippen LogP contribution in [0.2, 0.25) is 0 Å². The molecule has 0 saturated carbocycles. The molecule has 1 aromatic carbocycles. The Bertz CT molecular complexity index is 635. The molecule has 0 radical (unpaired) electrons. The Morgan fingerprint density at radius 1 is 1.33 bits per heavy atom. The maximum absolute atomic E-state index is 12.1. The van der Waals surface area contributed by atoms with E-state index in [1.54, 1.807) is 29.6 Å². The van der Waals surface area contributed by atoms with Crippen LogP contribution in [0.4, 0.5) is 5.13 Å². The van der Waals surface area contributed by atoms with Crippen molar-refractivity contribution >= 4 is 42.4 Å². The molecule has 0 aliphatic carbocycles. The zero-order valence-electron chi connectivity index (χ0n) is 9.55. The highest BCUT2D eigenvalue weighted by molar-refractivity contribution is 9.08. The maximum Gasteiger partial charge on any atom is 0.263 e. The zero-order chi connectivity index (χ0) is 13.2. The van der Waals surface area contributed by atoms with Gasteiger partial charge in [0.05, 0.1) is 10.6 Å². The highest BCUT2D eigenvalue weighted by Crippen LogP contribution is 2.20. The lowest BCUT2D eigenvalue weighted by molar-refractivity contribution is 0.601. The SMILES string of the molecule is Cc1csc(NS(=O)(=O)c2ccc(CBr)cc2)n1. The lowest BCUT2D eigenvalue weighted by atomic mass is 10.2. The van der Waals surface area contributed by atoms with Crippen LogP contribution in [0, 0.1) is 6.92 Å². The molecule has 0 saturated heterocycles. The molecule has 4 nitrogen and oxygen atoms in total. The minimum Gasteiger partial charge on any atom is -0.255 e. The summed E-state index contributed by atoms with van der Waals surface area (Å²) < 4.78 is 26.6. The fraction of sp³-hybridized carbons (Fsp3) is 0.182. The number of nitrogens with zero attached hydrogens (tertiary/aromatic N) is 1. The van der Waals surface area contributed by atoms with E-state index in [0.717, 1.165) is 11.3 Å². The molecule has 0 unspecified atom stereocenters. The van der Waals surface area contributed by atoms with Gasteiger partial charge in [0.15, 0.2) is 5.13 Å². The fourth-order valence-electron chi connectivity index (χ4n) is 1.33. The molecule has 0 bridgehead atoms. The highest BCUT2D eigenvalue weighted by atomic mass is 79.9. The highest BCUT2D eigenvalue weighted by Gasteiger charge is 2.15. The largest absolute Gasteiger partial charge is 0.263 e. The second kappa shape index (κ2) is 5.38. The van der Waals surface area contributed by atoms with Crippen molar-refractivity contribution in [2.45, 2.75) is 17.1 Å². The van der Waals surface area contributed by atoms with Gasteiger partial charge in [0, 0.05) is 10.7 Å². The van der Waals surface area contributed by atoms with E-state index >= 15 is 0 Å². The first-order valence-corrected chi connectivity index (χ1v) is 8.59. The molecule has 0 fully saturated rings. The van der Waals surface area contributed by atoms with Crippen molar-refractivity contribution in [1.82, 2.24) is 4.98 Å². The normalized spacial score (nSPS) is 11.4. The van der Waals surface area contributed by atoms with Crippen molar-refractivity contribution < 1.29 is 8.42 Å². The molecule has 1 heterocycles. The van der Waals surface area contributed by atoms with Gasteiger partial charge in [-0.25, -0.2) is 13.4 Å². The number of alkyl halides is 1. The van der Waals surface area contributed by atoms with Gasteiger partial charge in [0.25, 0.3) is 10.0 Å². The minimum atomic E-state index is -3.54. The summed E-state index contributed by atoms with van der Waals surface area (Å²) in [5.74, 6) is 0. The van der Waals surface area contributed by atoms with E-state index in [-0.39, 0.29) is 4.90 Å². The van der Waals surface area contributed by atoms with Crippen molar-refractivity contribution in [2.75, 3.05) is 4.72 Å². The topological polar surface area (TPSA) is 59.1 Å². The third kappa shape index (κ3) is 3.09. The Labute approximate surface area is 118 Å². The van der Waals surface area contributed by atoms with E-state index in [9.17, 15) is 8.42 Å². The average Bonchev–Trinajstić information content (AvgIpc) is 2.74. The summed E-state index contributed by atoms with van der Waals surface area (Å²) in [7, 11) is -3.54. The summed E-state index contributed by atoms with van der Waals surface area (Å²) in [5.41, 5.74) is 1.83. The van der Waals surface area contributed by atoms with Crippen LogP contribution in [0.5, 0.6) is 0 Å². The van der Waals surface area contributed by atoms with Crippen LogP contribution in [-0.2, 0) is 15.4 Å². The molecule has 96 valence electrons. The molecular weight excluding hydrogens is 336 g/mol. The lowest BCUT2D eigenvalue weighted by Gasteiger charge is -2.05. The number of anilines is 1. The fourth-order valence-corrected chi connectivity index (χ4v) is 3.65. The lowest BCUT2D eigenvalue weighted by Crippen LogP contribution is -2.12. The molecular formula is C11H11BrN2O2S2. The number of aromatic nitrogens is 1. The first kappa shape index (κ1) is 13.5. The van der Waals surface area contributed by atoms with E-state index in [2.05, 4.69) is 25.6 Å². The molecule has 7 heteroatoms. The monoisotopic (exact) mass is 346 g/mol. The van der Waals surface area contributed by atoms with E-state index in [0.29, 0.717) is 10.5 Å². The van der Waals surface area contributed by atoms with Crippen LogP contribution < -0.4 is 4.72 Å². The molecule has 18 heavy (non-hydrogen) atoms. The predicted molar refractivity (Wildman–Crippen MR) is 76.7 cm³/mol. The number of aryl methyl sites for hydroxylation is 1. The van der Waals surface area contributed by atoms with E-state index in [1.165, 1.54) is 11.3 Å². The summed E-state index contributed by atoms with van der Waals surface area (Å²) in [6.45, 7) is 1.82. The van der Waals surface area contributed by atoms with Crippen molar-refractivity contribution in [3.05, 3.63) is 40.9 Å². The number of benzene rings is 1. The number of rotatable bonds is 4. The Kier molecular flexibility index (Phi) is 4.04. The third-order valence-electron chi connectivity index (χ3n) is 2.23. The summed E-state index contributed by atoms with van der Waals surface area (Å²) >= 11 is 4.59. The van der Waals surface area contributed by atoms with Crippen LogP contribution in [0.3, 0.4) is 0 Å². The van der Waals surface area contributed by atoms with Crippen molar-refractivity contribution in [2.24, 2.45) is 0 Å². The van der Waals surface area contributed by atoms with Crippen LogP contribution >= 0.6 is 27.3 Å². The molecule has 0 amide bonds. The summed E-state index contributed by atoms with van der Waals surface area (Å²) in [6, 6.07) is 6.71. The molecule has 0 aliphatic heterocycles. The molecule has 0 aliphatic rings. The summed E-state index contributed by atoms with van der Waals surface area (Å²) in [4.78, 5) is 4.31. The van der Waals surface area contributed by atoms with E-state index < -0.39 is 10.0 Å². The quantitative estimate of drug-likeness (QED) is 0.865. The Morgan fingerprint density at radius 2 is 2.00 bits per heavy atom. The number of hydrogen-bond donors (Lipinski definition) is 1. The van der Waals surface area contributed by atoms with Crippen molar-refractivity contribution in [1.29, 1.82) is 0 Å². The maximum atomic E-state index is 12.1. The Hall–Kier alpha value is -0.920. The van der Waals surface area contributed by atoms with Crippen LogP contribution in [0.15, 0.2) is 34.5 Å². The van der Waals surface area contributed by atoms with Crippen LogP contribution in [-0.4, -0.2) is 13.4 Å². The van der Waals surface area contributed by atoms with Gasteiger partial charge >= 0.3 is 0 Å². The van der Waals surface area contributed by atoms with Gasteiger partial charge in [-0.15, -0.1) is 11.3 Å². The van der Waals surface area contributed by atoms with Gasteiger partial charge < -0.3 is 0 Å². The third-order valence-corrected chi connectivity index (χ3v) is 5.24. The van der Waals surface area contributed by atoms with Gasteiger partial charge in [-0.3, -0.25) is 4.72 Å². The number of halogens is 1. The number of sulfonamides is 1. The summed E-state index contributed by atoms with van der Waals surface area (Å²) in [5, 5.41) is 2.88. The van der Waals surface area contributed by atoms with Crippen LogP contribution in [0.25, 0.3) is 0 Å². The molecule has 1 N–H and O–H groups in total. The molecule has 0 spiro atoms. The smallest absolute Gasteiger partial charge is 0.255 e. The van der Waals surface area contributed by atoms with Crippen LogP contribution in [0.1, 0.15) is 11.3 Å². The van der Waals surface area contributed by atoms with Crippen molar-refractivity contribution in [3.63, 3.8) is 0 Å². The van der Waals surface area contributed by atoms with Gasteiger partial charge in [0.2, 0.25) is 0 Å². The first-order chi connectivity index (χ1) is 8.51. The Balaban J connectivity index is 2.24. The van der Waals surface area contributed by atoms with E-state index in [1.807, 2.05) is 6.92 Å². The van der Waals surface area contributed by atoms with Gasteiger partial charge in [-0.05, 0) is 24.6 Å². The number of thiazole rings is 1. The van der Waals surface area contributed by atoms with E-state index in [4.69, 9.17) is 0 Å². The first-order valence-electron chi connectivity index (χ1n) is 5.11.